The molecule has 0 atom stereocenters. The molecule has 0 aliphatic rings. The lowest BCUT2D eigenvalue weighted by Crippen LogP contribution is -1.84. The van der Waals surface area contributed by atoms with Gasteiger partial charge in [0, 0.05) is 12.6 Å². The molecule has 0 N–H and O–H groups in total. The van der Waals surface area contributed by atoms with Crippen LogP contribution in [0, 0.1) is 0 Å². The minimum Gasteiger partial charge on any atom is -0.328 e. The summed E-state index contributed by atoms with van der Waals surface area (Å²) in [6.07, 6.45) is 1.75. The summed E-state index contributed by atoms with van der Waals surface area (Å²) in [4.78, 5) is 4.28. The van der Waals surface area contributed by atoms with Gasteiger partial charge >= 0.3 is 0 Å². The molecule has 0 aliphatic carbocycles. The molecule has 0 aliphatic heterocycles. The van der Waals surface area contributed by atoms with Crippen molar-refractivity contribution in [3.05, 3.63) is 40.2 Å². The maximum absolute atomic E-state index is 6.07. The first kappa shape index (κ1) is 9.74. The third kappa shape index (κ3) is 1.57. The SMILES string of the molecule is Cn1cnc(-c2ccccc2Cl)c1Br. The summed E-state index contributed by atoms with van der Waals surface area (Å²) in [5.74, 6) is 0. The van der Waals surface area contributed by atoms with Gasteiger partial charge in [-0.3, -0.25) is 0 Å². The molecule has 2 aromatic rings. The lowest BCUT2D eigenvalue weighted by molar-refractivity contribution is 0.891. The molecule has 0 spiro atoms. The highest BCUT2D eigenvalue weighted by Crippen LogP contribution is 2.31. The fourth-order valence-corrected chi connectivity index (χ4v) is 1.88. The average Bonchev–Trinajstić information content (AvgIpc) is 2.49. The van der Waals surface area contributed by atoms with Gasteiger partial charge in [0.25, 0.3) is 0 Å². The van der Waals surface area contributed by atoms with Gasteiger partial charge in [-0.25, -0.2) is 4.98 Å². The average molecular weight is 272 g/mol. The molecule has 2 rings (SSSR count). The number of hydrogen-bond donors (Lipinski definition) is 0. The van der Waals surface area contributed by atoms with Crippen molar-refractivity contribution in [2.75, 3.05) is 0 Å². The first-order valence-electron chi connectivity index (χ1n) is 4.12. The van der Waals surface area contributed by atoms with Crippen molar-refractivity contribution in [3.63, 3.8) is 0 Å². The van der Waals surface area contributed by atoms with Crippen LogP contribution in [0.3, 0.4) is 0 Å². The Balaban J connectivity index is 2.60. The van der Waals surface area contributed by atoms with E-state index in [1.54, 1.807) is 6.33 Å². The molecule has 1 heterocycles. The van der Waals surface area contributed by atoms with E-state index in [1.165, 1.54) is 0 Å². The molecule has 1 aromatic heterocycles. The molecule has 14 heavy (non-hydrogen) atoms. The molecule has 0 bridgehead atoms. The van der Waals surface area contributed by atoms with E-state index < -0.39 is 0 Å². The molecule has 0 fully saturated rings. The predicted molar refractivity (Wildman–Crippen MR) is 61.4 cm³/mol. The van der Waals surface area contributed by atoms with E-state index in [0.717, 1.165) is 15.9 Å². The molecule has 1 aromatic carbocycles. The zero-order chi connectivity index (χ0) is 10.1. The molecule has 0 unspecified atom stereocenters. The second-order valence-corrected chi connectivity index (χ2v) is 4.13. The van der Waals surface area contributed by atoms with Gasteiger partial charge in [-0.2, -0.15) is 0 Å². The Hall–Kier alpha value is -0.800. The van der Waals surface area contributed by atoms with E-state index in [4.69, 9.17) is 11.6 Å². The Morgan fingerprint density at radius 3 is 2.64 bits per heavy atom. The highest BCUT2D eigenvalue weighted by molar-refractivity contribution is 9.10. The number of benzene rings is 1. The van der Waals surface area contributed by atoms with Gasteiger partial charge in [-0.05, 0) is 22.0 Å². The van der Waals surface area contributed by atoms with Crippen molar-refractivity contribution in [2.45, 2.75) is 0 Å². The van der Waals surface area contributed by atoms with Crippen LogP contribution in [0.4, 0.5) is 0 Å². The highest BCUT2D eigenvalue weighted by atomic mass is 79.9. The summed E-state index contributed by atoms with van der Waals surface area (Å²) in [5.41, 5.74) is 1.82. The summed E-state index contributed by atoms with van der Waals surface area (Å²) < 4.78 is 2.84. The molecule has 4 heteroatoms. The molecular formula is C10H8BrClN2. The van der Waals surface area contributed by atoms with E-state index in [1.807, 2.05) is 35.9 Å². The zero-order valence-electron chi connectivity index (χ0n) is 7.54. The van der Waals surface area contributed by atoms with Crippen LogP contribution in [0.15, 0.2) is 35.2 Å². The van der Waals surface area contributed by atoms with Gasteiger partial charge in [0.2, 0.25) is 0 Å². The molecule has 2 nitrogen and oxygen atoms in total. The number of aryl methyl sites for hydroxylation is 1. The van der Waals surface area contributed by atoms with Gasteiger partial charge in [-0.1, -0.05) is 29.8 Å². The summed E-state index contributed by atoms with van der Waals surface area (Å²) in [6.45, 7) is 0. The molecule has 72 valence electrons. The van der Waals surface area contributed by atoms with Crippen LogP contribution in [0.25, 0.3) is 11.3 Å². The first-order valence-corrected chi connectivity index (χ1v) is 5.29. The Kier molecular flexibility index (Phi) is 2.61. The quantitative estimate of drug-likeness (QED) is 0.776. The van der Waals surface area contributed by atoms with Gasteiger partial charge in [0.05, 0.1) is 11.3 Å². The first-order chi connectivity index (χ1) is 6.70. The normalized spacial score (nSPS) is 10.5. The number of rotatable bonds is 1. The monoisotopic (exact) mass is 270 g/mol. The smallest absolute Gasteiger partial charge is 0.112 e. The summed E-state index contributed by atoms with van der Waals surface area (Å²) in [7, 11) is 1.93. The zero-order valence-corrected chi connectivity index (χ0v) is 9.88. The van der Waals surface area contributed by atoms with E-state index >= 15 is 0 Å². The third-order valence-corrected chi connectivity index (χ3v) is 3.26. The lowest BCUT2D eigenvalue weighted by atomic mass is 10.2. The summed E-state index contributed by atoms with van der Waals surface area (Å²) in [5, 5.41) is 0.715. The van der Waals surface area contributed by atoms with Crippen LogP contribution in [0.1, 0.15) is 0 Å². The maximum atomic E-state index is 6.07. The molecule has 0 saturated heterocycles. The van der Waals surface area contributed by atoms with Crippen molar-refractivity contribution in [1.82, 2.24) is 9.55 Å². The Labute approximate surface area is 95.7 Å². The van der Waals surface area contributed by atoms with E-state index in [9.17, 15) is 0 Å². The predicted octanol–water partition coefficient (Wildman–Crippen LogP) is 3.50. The lowest BCUT2D eigenvalue weighted by Gasteiger charge is -2.01. The topological polar surface area (TPSA) is 17.8 Å². The van der Waals surface area contributed by atoms with Crippen LogP contribution in [0.5, 0.6) is 0 Å². The van der Waals surface area contributed by atoms with Crippen molar-refractivity contribution in [3.8, 4) is 11.3 Å². The van der Waals surface area contributed by atoms with Gasteiger partial charge < -0.3 is 4.57 Å². The van der Waals surface area contributed by atoms with Crippen molar-refractivity contribution in [2.24, 2.45) is 7.05 Å². The van der Waals surface area contributed by atoms with Crippen molar-refractivity contribution < 1.29 is 0 Å². The second kappa shape index (κ2) is 3.75. The van der Waals surface area contributed by atoms with Crippen LogP contribution < -0.4 is 0 Å². The molecule has 0 saturated carbocycles. The minimum absolute atomic E-state index is 0.715. The second-order valence-electron chi connectivity index (χ2n) is 2.97. The Bertz CT molecular complexity index is 465. The molecule has 0 amide bonds. The van der Waals surface area contributed by atoms with Crippen LogP contribution in [0.2, 0.25) is 5.02 Å². The van der Waals surface area contributed by atoms with Gasteiger partial charge in [-0.15, -0.1) is 0 Å². The Morgan fingerprint density at radius 2 is 2.07 bits per heavy atom. The van der Waals surface area contributed by atoms with Crippen molar-refractivity contribution in [1.29, 1.82) is 0 Å². The molecular weight excluding hydrogens is 263 g/mol. The summed E-state index contributed by atoms with van der Waals surface area (Å²) >= 11 is 9.53. The largest absolute Gasteiger partial charge is 0.328 e. The number of hydrogen-bond acceptors (Lipinski definition) is 1. The van der Waals surface area contributed by atoms with Gasteiger partial charge in [0.15, 0.2) is 0 Å². The fraction of sp³-hybridized carbons (Fsp3) is 0.100. The maximum Gasteiger partial charge on any atom is 0.112 e. The van der Waals surface area contributed by atoms with Crippen LogP contribution in [-0.2, 0) is 7.05 Å². The molecule has 0 radical (unpaired) electrons. The van der Waals surface area contributed by atoms with Crippen LogP contribution >= 0.6 is 27.5 Å². The Morgan fingerprint density at radius 1 is 1.36 bits per heavy atom. The highest BCUT2D eigenvalue weighted by Gasteiger charge is 2.10. The standard InChI is InChI=1S/C10H8BrClN2/c1-14-6-13-9(10(14)11)7-4-2-3-5-8(7)12/h2-6H,1H3. The van der Waals surface area contributed by atoms with Crippen LogP contribution in [-0.4, -0.2) is 9.55 Å². The number of nitrogens with zero attached hydrogens (tertiary/aromatic N) is 2. The summed E-state index contributed by atoms with van der Waals surface area (Å²) in [6, 6.07) is 7.67. The van der Waals surface area contributed by atoms with E-state index in [0.29, 0.717) is 5.02 Å². The number of halogens is 2. The van der Waals surface area contributed by atoms with Gasteiger partial charge in [0.1, 0.15) is 10.3 Å². The third-order valence-electron chi connectivity index (χ3n) is 1.99. The van der Waals surface area contributed by atoms with E-state index in [-0.39, 0.29) is 0 Å². The van der Waals surface area contributed by atoms with E-state index in [2.05, 4.69) is 20.9 Å². The number of aromatic nitrogens is 2. The minimum atomic E-state index is 0.715. The number of imidazole rings is 1. The fourth-order valence-electron chi connectivity index (χ4n) is 1.25. The van der Waals surface area contributed by atoms with Crippen molar-refractivity contribution >= 4 is 27.5 Å².